The van der Waals surface area contributed by atoms with Crippen molar-refractivity contribution >= 4 is 34.3 Å². The van der Waals surface area contributed by atoms with Crippen LogP contribution in [0.3, 0.4) is 0 Å². The van der Waals surface area contributed by atoms with Crippen molar-refractivity contribution in [3.8, 4) is 0 Å². The molecule has 3 N–H and O–H groups in total. The Bertz CT molecular complexity index is 1030. The molecular weight excluding hydrogens is 400 g/mol. The van der Waals surface area contributed by atoms with Crippen LogP contribution in [-0.4, -0.2) is 33.9 Å². The van der Waals surface area contributed by atoms with E-state index in [1.807, 2.05) is 30.3 Å². The molecule has 2 heterocycles. The van der Waals surface area contributed by atoms with E-state index < -0.39 is 6.04 Å². The molecule has 1 aliphatic rings. The third-order valence-electron chi connectivity index (χ3n) is 5.57. The second-order valence-corrected chi connectivity index (χ2v) is 8.22. The Morgan fingerprint density at radius 2 is 1.90 bits per heavy atom. The first-order valence-electron chi connectivity index (χ1n) is 10.4. The van der Waals surface area contributed by atoms with Crippen molar-refractivity contribution in [1.29, 1.82) is 0 Å². The number of carbonyl (C=O) groups is 2. The number of hydrogen-bond acceptors (Lipinski definition) is 3. The highest BCUT2D eigenvalue weighted by molar-refractivity contribution is 6.30. The van der Waals surface area contributed by atoms with Gasteiger partial charge in [0.05, 0.1) is 11.7 Å². The third kappa shape index (κ3) is 5.00. The summed E-state index contributed by atoms with van der Waals surface area (Å²) in [6, 6.07) is 12.7. The Morgan fingerprint density at radius 1 is 1.13 bits per heavy atom. The highest BCUT2D eigenvalue weighted by Crippen LogP contribution is 2.19. The van der Waals surface area contributed by atoms with E-state index in [9.17, 15) is 9.59 Å². The summed E-state index contributed by atoms with van der Waals surface area (Å²) in [5.41, 5.74) is 2.09. The number of carbonyl (C=O) groups excluding carboxylic acids is 2. The molecule has 1 atom stereocenters. The number of halogens is 1. The first kappa shape index (κ1) is 20.4. The van der Waals surface area contributed by atoms with Gasteiger partial charge in [-0.05, 0) is 30.5 Å². The molecule has 1 aromatic carbocycles. The SMILES string of the molecule is O=C(N[C@@H](Cc1ccccc1)C(=O)NC1CCCCC1)c1cc2cc(Cl)ncc2[nH]1. The molecule has 30 heavy (non-hydrogen) atoms. The summed E-state index contributed by atoms with van der Waals surface area (Å²) in [4.78, 5) is 33.0. The van der Waals surface area contributed by atoms with Crippen LogP contribution in [0, 0.1) is 0 Å². The van der Waals surface area contributed by atoms with Crippen LogP contribution in [0.15, 0.2) is 48.7 Å². The maximum Gasteiger partial charge on any atom is 0.268 e. The summed E-state index contributed by atoms with van der Waals surface area (Å²) in [7, 11) is 0. The van der Waals surface area contributed by atoms with E-state index >= 15 is 0 Å². The lowest BCUT2D eigenvalue weighted by molar-refractivity contribution is -0.123. The number of rotatable bonds is 6. The first-order valence-corrected chi connectivity index (χ1v) is 10.8. The molecule has 3 aromatic rings. The largest absolute Gasteiger partial charge is 0.352 e. The topological polar surface area (TPSA) is 86.9 Å². The lowest BCUT2D eigenvalue weighted by Gasteiger charge is -2.26. The first-order chi connectivity index (χ1) is 14.6. The van der Waals surface area contributed by atoms with Crippen LogP contribution in [0.1, 0.15) is 48.2 Å². The maximum atomic E-state index is 13.0. The van der Waals surface area contributed by atoms with E-state index in [2.05, 4.69) is 20.6 Å². The molecule has 1 aliphatic carbocycles. The van der Waals surface area contributed by atoms with Gasteiger partial charge in [0.15, 0.2) is 0 Å². The number of H-pyrrole nitrogens is 1. The fourth-order valence-corrected chi connectivity index (χ4v) is 4.14. The molecule has 0 bridgehead atoms. The van der Waals surface area contributed by atoms with E-state index in [0.717, 1.165) is 42.1 Å². The van der Waals surface area contributed by atoms with Crippen LogP contribution in [-0.2, 0) is 11.2 Å². The molecular formula is C23H25ClN4O2. The Hall–Kier alpha value is -2.86. The fourth-order valence-electron chi connectivity index (χ4n) is 3.97. The minimum atomic E-state index is -0.657. The molecule has 7 heteroatoms. The van der Waals surface area contributed by atoms with Crippen molar-refractivity contribution in [2.45, 2.75) is 50.6 Å². The molecule has 0 radical (unpaired) electrons. The summed E-state index contributed by atoms with van der Waals surface area (Å²) in [6.07, 6.45) is 7.49. The number of aromatic amines is 1. The van der Waals surface area contributed by atoms with Crippen molar-refractivity contribution < 1.29 is 9.59 Å². The van der Waals surface area contributed by atoms with Crippen LogP contribution < -0.4 is 10.6 Å². The average molecular weight is 425 g/mol. The number of nitrogens with one attached hydrogen (secondary N) is 3. The zero-order valence-corrected chi connectivity index (χ0v) is 17.4. The van der Waals surface area contributed by atoms with Crippen LogP contribution >= 0.6 is 11.6 Å². The van der Waals surface area contributed by atoms with Crippen molar-refractivity contribution in [1.82, 2.24) is 20.6 Å². The highest BCUT2D eigenvalue weighted by atomic mass is 35.5. The van der Waals surface area contributed by atoms with Crippen LogP contribution in [0.5, 0.6) is 0 Å². The van der Waals surface area contributed by atoms with Crippen LogP contribution in [0.4, 0.5) is 0 Å². The molecule has 0 spiro atoms. The van der Waals surface area contributed by atoms with Gasteiger partial charge in [-0.1, -0.05) is 61.2 Å². The van der Waals surface area contributed by atoms with Crippen LogP contribution in [0.25, 0.3) is 10.9 Å². The predicted molar refractivity (Wildman–Crippen MR) is 118 cm³/mol. The minimum Gasteiger partial charge on any atom is -0.352 e. The number of hydrogen-bond donors (Lipinski definition) is 3. The molecule has 0 unspecified atom stereocenters. The third-order valence-corrected chi connectivity index (χ3v) is 5.78. The van der Waals surface area contributed by atoms with Gasteiger partial charge in [-0.15, -0.1) is 0 Å². The van der Waals surface area contributed by atoms with Crippen molar-refractivity contribution in [3.05, 3.63) is 65.1 Å². The lowest BCUT2D eigenvalue weighted by Crippen LogP contribution is -2.51. The smallest absolute Gasteiger partial charge is 0.268 e. The van der Waals surface area contributed by atoms with Gasteiger partial charge in [0.1, 0.15) is 16.9 Å². The zero-order valence-electron chi connectivity index (χ0n) is 16.7. The van der Waals surface area contributed by atoms with Gasteiger partial charge in [0, 0.05) is 17.8 Å². The highest BCUT2D eigenvalue weighted by Gasteiger charge is 2.25. The molecule has 0 aliphatic heterocycles. The lowest BCUT2D eigenvalue weighted by atomic mass is 9.95. The predicted octanol–water partition coefficient (Wildman–Crippen LogP) is 4.01. The number of benzene rings is 1. The Labute approximate surface area is 180 Å². The van der Waals surface area contributed by atoms with E-state index in [1.54, 1.807) is 18.3 Å². The second-order valence-electron chi connectivity index (χ2n) is 7.84. The fraction of sp³-hybridized carbons (Fsp3) is 0.348. The molecule has 2 aromatic heterocycles. The standard InChI is InChI=1S/C23H25ClN4O2/c24-21-13-16-12-19(27-20(16)14-25-21)23(30)28-18(11-15-7-3-1-4-8-15)22(29)26-17-9-5-2-6-10-17/h1,3-4,7-8,12-14,17-18,27H,2,5-6,9-11H2,(H,26,29)(H,28,30)/t18-/m0/s1. The van der Waals surface area contributed by atoms with Gasteiger partial charge >= 0.3 is 0 Å². The summed E-state index contributed by atoms with van der Waals surface area (Å²) < 4.78 is 0. The van der Waals surface area contributed by atoms with E-state index in [4.69, 9.17) is 11.6 Å². The quantitative estimate of drug-likeness (QED) is 0.522. The molecule has 156 valence electrons. The van der Waals surface area contributed by atoms with Gasteiger partial charge in [0.25, 0.3) is 5.91 Å². The maximum absolute atomic E-state index is 13.0. The number of nitrogens with zero attached hydrogens (tertiary/aromatic N) is 1. The second kappa shape index (κ2) is 9.30. The average Bonchev–Trinajstić information content (AvgIpc) is 3.18. The summed E-state index contributed by atoms with van der Waals surface area (Å²) in [5.74, 6) is -0.470. The number of fused-ring (bicyclic) bond motifs is 1. The summed E-state index contributed by atoms with van der Waals surface area (Å²) in [5, 5.41) is 7.21. The molecule has 1 saturated carbocycles. The Kier molecular flexibility index (Phi) is 6.33. The van der Waals surface area contributed by atoms with Crippen molar-refractivity contribution in [2.75, 3.05) is 0 Å². The number of amides is 2. The zero-order chi connectivity index (χ0) is 20.9. The molecule has 2 amide bonds. The van der Waals surface area contributed by atoms with E-state index in [1.165, 1.54) is 6.42 Å². The normalized spacial score (nSPS) is 15.6. The molecule has 6 nitrogen and oxygen atoms in total. The summed E-state index contributed by atoms with van der Waals surface area (Å²) >= 11 is 5.94. The molecule has 0 saturated heterocycles. The van der Waals surface area contributed by atoms with E-state index in [0.29, 0.717) is 17.3 Å². The number of pyridine rings is 1. The van der Waals surface area contributed by atoms with Crippen molar-refractivity contribution in [2.24, 2.45) is 0 Å². The van der Waals surface area contributed by atoms with Gasteiger partial charge in [-0.3, -0.25) is 9.59 Å². The van der Waals surface area contributed by atoms with Gasteiger partial charge in [0.2, 0.25) is 5.91 Å². The van der Waals surface area contributed by atoms with Crippen molar-refractivity contribution in [3.63, 3.8) is 0 Å². The van der Waals surface area contributed by atoms with Gasteiger partial charge < -0.3 is 15.6 Å². The Balaban J connectivity index is 1.51. The Morgan fingerprint density at radius 3 is 2.67 bits per heavy atom. The molecule has 4 rings (SSSR count). The van der Waals surface area contributed by atoms with E-state index in [-0.39, 0.29) is 17.9 Å². The molecule has 1 fully saturated rings. The summed E-state index contributed by atoms with van der Waals surface area (Å²) in [6.45, 7) is 0. The monoisotopic (exact) mass is 424 g/mol. The number of aromatic nitrogens is 2. The van der Waals surface area contributed by atoms with Gasteiger partial charge in [-0.2, -0.15) is 0 Å². The van der Waals surface area contributed by atoms with Gasteiger partial charge in [-0.25, -0.2) is 4.98 Å². The van der Waals surface area contributed by atoms with Crippen LogP contribution in [0.2, 0.25) is 5.15 Å². The minimum absolute atomic E-state index is 0.139.